The van der Waals surface area contributed by atoms with Crippen molar-refractivity contribution in [1.82, 2.24) is 4.90 Å². The summed E-state index contributed by atoms with van der Waals surface area (Å²) in [5.41, 5.74) is 3.74. The second kappa shape index (κ2) is 7.40. The number of rotatable bonds is 3. The summed E-state index contributed by atoms with van der Waals surface area (Å²) in [6, 6.07) is 10.9. The Morgan fingerprint density at radius 1 is 1.04 bits per heavy atom. The average Bonchev–Trinajstić information content (AvgIpc) is 3.17. The fraction of sp³-hybridized carbons (Fsp3) is 0.333. The number of hydrogen-bond donors (Lipinski definition) is 1. The molecule has 1 N–H and O–H groups in total. The SMILES string of the molecule is Cc1ccc(NC(=O)c2ccc3c(c2)CCO3)cc1C(=O)N1CCOCC1. The topological polar surface area (TPSA) is 67.9 Å². The molecular formula is C21H22N2O4. The first-order valence-corrected chi connectivity index (χ1v) is 9.16. The molecule has 4 rings (SSSR count). The highest BCUT2D eigenvalue weighted by Crippen LogP contribution is 2.26. The zero-order chi connectivity index (χ0) is 18.8. The Balaban J connectivity index is 1.52. The van der Waals surface area contributed by atoms with Gasteiger partial charge >= 0.3 is 0 Å². The molecule has 0 saturated carbocycles. The summed E-state index contributed by atoms with van der Waals surface area (Å²) >= 11 is 0. The minimum atomic E-state index is -0.196. The lowest BCUT2D eigenvalue weighted by Gasteiger charge is -2.27. The number of anilines is 1. The highest BCUT2D eigenvalue weighted by molar-refractivity contribution is 6.05. The van der Waals surface area contributed by atoms with E-state index in [1.807, 2.05) is 31.2 Å². The van der Waals surface area contributed by atoms with E-state index >= 15 is 0 Å². The van der Waals surface area contributed by atoms with Crippen LogP contribution in [0.5, 0.6) is 5.75 Å². The maximum absolute atomic E-state index is 12.8. The Hall–Kier alpha value is -2.86. The van der Waals surface area contributed by atoms with Crippen LogP contribution in [-0.4, -0.2) is 49.6 Å². The van der Waals surface area contributed by atoms with Crippen molar-refractivity contribution in [2.45, 2.75) is 13.3 Å². The van der Waals surface area contributed by atoms with Crippen LogP contribution in [0.2, 0.25) is 0 Å². The van der Waals surface area contributed by atoms with E-state index in [0.29, 0.717) is 49.7 Å². The summed E-state index contributed by atoms with van der Waals surface area (Å²) in [6.07, 6.45) is 0.819. The molecule has 2 aromatic carbocycles. The molecule has 2 amide bonds. The standard InChI is InChI=1S/C21H22N2O4/c1-14-2-4-17(13-18(14)21(25)23-7-10-26-11-8-23)22-20(24)16-3-5-19-15(12-16)6-9-27-19/h2-5,12-13H,6-11H2,1H3,(H,22,24). The number of nitrogens with zero attached hydrogens (tertiary/aromatic N) is 1. The lowest BCUT2D eigenvalue weighted by molar-refractivity contribution is 0.0302. The second-order valence-corrected chi connectivity index (χ2v) is 6.81. The van der Waals surface area contributed by atoms with Gasteiger partial charge in [0.2, 0.25) is 0 Å². The molecule has 2 heterocycles. The van der Waals surface area contributed by atoms with Crippen molar-refractivity contribution in [3.05, 3.63) is 58.7 Å². The third kappa shape index (κ3) is 3.66. The molecule has 0 spiro atoms. The van der Waals surface area contributed by atoms with Gasteiger partial charge in [0.25, 0.3) is 11.8 Å². The molecule has 6 nitrogen and oxygen atoms in total. The first kappa shape index (κ1) is 17.5. The number of carbonyl (C=O) groups is 2. The van der Waals surface area contributed by atoms with Gasteiger partial charge < -0.3 is 19.7 Å². The van der Waals surface area contributed by atoms with Gasteiger partial charge in [0, 0.05) is 36.3 Å². The summed E-state index contributed by atoms with van der Waals surface area (Å²) in [5, 5.41) is 2.90. The number of carbonyl (C=O) groups excluding carboxylic acids is 2. The van der Waals surface area contributed by atoms with Crippen LogP contribution in [-0.2, 0) is 11.2 Å². The van der Waals surface area contributed by atoms with Crippen LogP contribution in [0.4, 0.5) is 5.69 Å². The van der Waals surface area contributed by atoms with Crippen molar-refractivity contribution in [1.29, 1.82) is 0 Å². The van der Waals surface area contributed by atoms with Gasteiger partial charge in [-0.15, -0.1) is 0 Å². The van der Waals surface area contributed by atoms with E-state index in [1.54, 1.807) is 17.0 Å². The molecule has 2 aliphatic heterocycles. The number of nitrogens with one attached hydrogen (secondary N) is 1. The molecule has 0 bridgehead atoms. The van der Waals surface area contributed by atoms with Gasteiger partial charge in [-0.05, 0) is 48.4 Å². The zero-order valence-electron chi connectivity index (χ0n) is 15.3. The molecule has 6 heteroatoms. The highest BCUT2D eigenvalue weighted by atomic mass is 16.5. The van der Waals surface area contributed by atoms with Crippen LogP contribution in [0.3, 0.4) is 0 Å². The molecule has 2 aliphatic rings. The van der Waals surface area contributed by atoms with Crippen molar-refractivity contribution in [2.24, 2.45) is 0 Å². The van der Waals surface area contributed by atoms with E-state index < -0.39 is 0 Å². The van der Waals surface area contributed by atoms with Crippen LogP contribution >= 0.6 is 0 Å². The Labute approximate surface area is 158 Å². The number of morpholine rings is 1. The van der Waals surface area contributed by atoms with Gasteiger partial charge in [-0.3, -0.25) is 9.59 Å². The molecule has 0 radical (unpaired) electrons. The summed E-state index contributed by atoms with van der Waals surface area (Å²) in [6.45, 7) is 4.86. The minimum Gasteiger partial charge on any atom is -0.493 e. The normalized spacial score (nSPS) is 15.8. The van der Waals surface area contributed by atoms with Gasteiger partial charge in [0.1, 0.15) is 5.75 Å². The number of benzene rings is 2. The fourth-order valence-electron chi connectivity index (χ4n) is 3.40. The van der Waals surface area contributed by atoms with E-state index in [2.05, 4.69) is 5.32 Å². The quantitative estimate of drug-likeness (QED) is 0.907. The fourth-order valence-corrected chi connectivity index (χ4v) is 3.40. The first-order chi connectivity index (χ1) is 13.1. The van der Waals surface area contributed by atoms with Crippen molar-refractivity contribution in [2.75, 3.05) is 38.2 Å². The van der Waals surface area contributed by atoms with Crippen molar-refractivity contribution in [3.63, 3.8) is 0 Å². The number of hydrogen-bond acceptors (Lipinski definition) is 4. The molecule has 140 valence electrons. The average molecular weight is 366 g/mol. The molecule has 1 saturated heterocycles. The molecule has 0 aromatic heterocycles. The summed E-state index contributed by atoms with van der Waals surface area (Å²) in [4.78, 5) is 27.2. The third-order valence-corrected chi connectivity index (χ3v) is 4.98. The monoisotopic (exact) mass is 366 g/mol. The predicted molar refractivity (Wildman–Crippen MR) is 101 cm³/mol. The molecule has 1 fully saturated rings. The maximum atomic E-state index is 12.8. The lowest BCUT2D eigenvalue weighted by Crippen LogP contribution is -2.41. The molecular weight excluding hydrogens is 344 g/mol. The number of aryl methyl sites for hydroxylation is 1. The van der Waals surface area contributed by atoms with Crippen LogP contribution in [0.1, 0.15) is 31.8 Å². The molecule has 27 heavy (non-hydrogen) atoms. The predicted octanol–water partition coefficient (Wildman–Crippen LogP) is 2.65. The first-order valence-electron chi connectivity index (χ1n) is 9.16. The third-order valence-electron chi connectivity index (χ3n) is 4.98. The summed E-state index contributed by atoms with van der Waals surface area (Å²) in [5.74, 6) is 0.625. The number of ether oxygens (including phenoxy) is 2. The molecule has 0 unspecified atom stereocenters. The minimum absolute atomic E-state index is 0.0263. The molecule has 0 aliphatic carbocycles. The maximum Gasteiger partial charge on any atom is 0.255 e. The Kier molecular flexibility index (Phi) is 4.81. The summed E-state index contributed by atoms with van der Waals surface area (Å²) in [7, 11) is 0. The Morgan fingerprint density at radius 3 is 2.67 bits per heavy atom. The van der Waals surface area contributed by atoms with Crippen LogP contribution in [0.25, 0.3) is 0 Å². The Morgan fingerprint density at radius 2 is 1.85 bits per heavy atom. The van der Waals surface area contributed by atoms with E-state index in [0.717, 1.165) is 23.3 Å². The molecule has 0 atom stereocenters. The van der Waals surface area contributed by atoms with Crippen LogP contribution < -0.4 is 10.1 Å². The van der Waals surface area contributed by atoms with Crippen molar-refractivity contribution >= 4 is 17.5 Å². The molecule has 2 aromatic rings. The summed E-state index contributed by atoms with van der Waals surface area (Å²) < 4.78 is 10.8. The lowest BCUT2D eigenvalue weighted by atomic mass is 10.1. The van der Waals surface area contributed by atoms with Gasteiger partial charge in [-0.1, -0.05) is 6.07 Å². The van der Waals surface area contributed by atoms with Crippen molar-refractivity contribution < 1.29 is 19.1 Å². The van der Waals surface area contributed by atoms with Gasteiger partial charge in [-0.2, -0.15) is 0 Å². The highest BCUT2D eigenvalue weighted by Gasteiger charge is 2.21. The van der Waals surface area contributed by atoms with Crippen LogP contribution in [0, 0.1) is 6.92 Å². The van der Waals surface area contributed by atoms with Gasteiger partial charge in [0.15, 0.2) is 0 Å². The largest absolute Gasteiger partial charge is 0.493 e. The smallest absolute Gasteiger partial charge is 0.255 e. The van der Waals surface area contributed by atoms with Gasteiger partial charge in [-0.25, -0.2) is 0 Å². The second-order valence-electron chi connectivity index (χ2n) is 6.81. The van der Waals surface area contributed by atoms with E-state index in [4.69, 9.17) is 9.47 Å². The Bertz CT molecular complexity index is 888. The van der Waals surface area contributed by atoms with E-state index in [1.165, 1.54) is 0 Å². The number of fused-ring (bicyclic) bond motifs is 1. The van der Waals surface area contributed by atoms with Gasteiger partial charge in [0.05, 0.1) is 19.8 Å². The zero-order valence-corrected chi connectivity index (χ0v) is 15.3. The van der Waals surface area contributed by atoms with E-state index in [9.17, 15) is 9.59 Å². The van der Waals surface area contributed by atoms with Crippen molar-refractivity contribution in [3.8, 4) is 5.75 Å². The number of amides is 2. The van der Waals surface area contributed by atoms with Crippen LogP contribution in [0.15, 0.2) is 36.4 Å². The van der Waals surface area contributed by atoms with E-state index in [-0.39, 0.29) is 11.8 Å².